The van der Waals surface area contributed by atoms with Crippen LogP contribution >= 0.6 is 11.6 Å². The van der Waals surface area contributed by atoms with Crippen LogP contribution in [0.4, 0.5) is 4.39 Å². The molecule has 0 spiro atoms. The van der Waals surface area contributed by atoms with Crippen LogP contribution in [-0.2, 0) is 0 Å². The zero-order valence-corrected chi connectivity index (χ0v) is 12.4. The molecule has 0 aliphatic carbocycles. The Morgan fingerprint density at radius 2 is 2.11 bits per heavy atom. The highest BCUT2D eigenvalue weighted by molar-refractivity contribution is 6.20. The van der Waals surface area contributed by atoms with Crippen molar-refractivity contribution < 1.29 is 4.39 Å². The third kappa shape index (κ3) is 2.76. The molecule has 1 aromatic carbocycles. The van der Waals surface area contributed by atoms with E-state index < -0.39 is 0 Å². The zero-order valence-electron chi connectivity index (χ0n) is 11.7. The number of halogens is 2. The van der Waals surface area contributed by atoms with E-state index in [-0.39, 0.29) is 11.2 Å². The summed E-state index contributed by atoms with van der Waals surface area (Å²) in [6.45, 7) is 6.25. The molecule has 0 aliphatic rings. The van der Waals surface area contributed by atoms with Gasteiger partial charge in [0, 0.05) is 12.1 Å². The maximum absolute atomic E-state index is 13.3. The summed E-state index contributed by atoms with van der Waals surface area (Å²) in [6.07, 6.45) is 3.21. The summed E-state index contributed by atoms with van der Waals surface area (Å²) in [5.41, 5.74) is 1.67. The largest absolute Gasteiger partial charge is 0.324 e. The van der Waals surface area contributed by atoms with E-state index in [1.54, 1.807) is 6.07 Å². The fourth-order valence-electron chi connectivity index (χ4n) is 2.60. The Hall–Kier alpha value is -1.09. The number of imidazole rings is 1. The van der Waals surface area contributed by atoms with E-state index >= 15 is 0 Å². The number of nitrogens with zero attached hydrogens (tertiary/aromatic N) is 2. The topological polar surface area (TPSA) is 17.8 Å². The molecule has 1 heterocycles. The molecule has 4 heteroatoms. The highest BCUT2D eigenvalue weighted by Crippen LogP contribution is 2.31. The van der Waals surface area contributed by atoms with Crippen LogP contribution in [0.3, 0.4) is 0 Å². The Kier molecular flexibility index (Phi) is 4.46. The minimum absolute atomic E-state index is 0.179. The molecule has 2 atom stereocenters. The summed E-state index contributed by atoms with van der Waals surface area (Å²) in [6, 6.07) is 5.14. The Labute approximate surface area is 118 Å². The summed E-state index contributed by atoms with van der Waals surface area (Å²) in [5, 5.41) is -0.179. The lowest BCUT2D eigenvalue weighted by atomic mass is 10.1. The van der Waals surface area contributed by atoms with Crippen molar-refractivity contribution in [2.24, 2.45) is 0 Å². The molecule has 2 unspecified atom stereocenters. The average Bonchev–Trinajstić information content (AvgIpc) is 2.74. The predicted octanol–water partition coefficient (Wildman–Crippen LogP) is 5.23. The molecule has 0 radical (unpaired) electrons. The Morgan fingerprint density at radius 1 is 1.37 bits per heavy atom. The van der Waals surface area contributed by atoms with Gasteiger partial charge in [-0.2, -0.15) is 0 Å². The number of fused-ring (bicyclic) bond motifs is 1. The molecule has 0 N–H and O–H groups in total. The van der Waals surface area contributed by atoms with Crippen LogP contribution in [-0.4, -0.2) is 9.55 Å². The average molecular weight is 283 g/mol. The second-order valence-corrected chi connectivity index (χ2v) is 5.59. The monoisotopic (exact) mass is 282 g/mol. The Bertz CT molecular complexity index is 563. The van der Waals surface area contributed by atoms with Crippen LogP contribution < -0.4 is 0 Å². The lowest BCUT2D eigenvalue weighted by Gasteiger charge is -2.20. The number of alkyl halides is 1. The predicted molar refractivity (Wildman–Crippen MR) is 78.2 cm³/mol. The molecule has 0 fully saturated rings. The summed E-state index contributed by atoms with van der Waals surface area (Å²) in [4.78, 5) is 4.52. The van der Waals surface area contributed by atoms with Crippen molar-refractivity contribution >= 4 is 22.6 Å². The fourth-order valence-corrected chi connectivity index (χ4v) is 2.76. The van der Waals surface area contributed by atoms with E-state index in [4.69, 9.17) is 11.6 Å². The maximum Gasteiger partial charge on any atom is 0.127 e. The van der Waals surface area contributed by atoms with Gasteiger partial charge in [-0.1, -0.05) is 20.3 Å². The second-order valence-electron chi connectivity index (χ2n) is 4.94. The van der Waals surface area contributed by atoms with E-state index in [9.17, 15) is 4.39 Å². The van der Waals surface area contributed by atoms with Gasteiger partial charge in [-0.25, -0.2) is 9.37 Å². The van der Waals surface area contributed by atoms with Crippen molar-refractivity contribution in [3.05, 3.63) is 29.8 Å². The summed E-state index contributed by atoms with van der Waals surface area (Å²) in [7, 11) is 0. The van der Waals surface area contributed by atoms with E-state index in [0.29, 0.717) is 11.6 Å². The van der Waals surface area contributed by atoms with Gasteiger partial charge < -0.3 is 4.57 Å². The molecule has 0 saturated carbocycles. The van der Waals surface area contributed by atoms with Gasteiger partial charge in [0.2, 0.25) is 0 Å². The van der Waals surface area contributed by atoms with Crippen molar-refractivity contribution in [2.75, 3.05) is 0 Å². The first-order valence-electron chi connectivity index (χ1n) is 6.89. The van der Waals surface area contributed by atoms with Crippen molar-refractivity contribution in [1.82, 2.24) is 9.55 Å². The first kappa shape index (κ1) is 14.3. The van der Waals surface area contributed by atoms with Gasteiger partial charge in [0.15, 0.2) is 0 Å². The Balaban J connectivity index is 2.63. The van der Waals surface area contributed by atoms with Crippen LogP contribution in [0, 0.1) is 5.82 Å². The Morgan fingerprint density at radius 3 is 2.68 bits per heavy atom. The molecule has 0 aliphatic heterocycles. The number of hydrogen-bond acceptors (Lipinski definition) is 1. The molecule has 0 saturated heterocycles. The van der Waals surface area contributed by atoms with E-state index in [1.807, 2.05) is 6.92 Å². The molecule has 2 nitrogen and oxygen atoms in total. The number of benzene rings is 1. The molecule has 1 aromatic heterocycles. The van der Waals surface area contributed by atoms with Gasteiger partial charge in [-0.15, -0.1) is 11.6 Å². The minimum Gasteiger partial charge on any atom is -0.324 e. The molecule has 2 rings (SSSR count). The molecule has 2 aromatic rings. The normalized spacial score (nSPS) is 14.8. The first-order valence-corrected chi connectivity index (χ1v) is 7.33. The fraction of sp³-hybridized carbons (Fsp3) is 0.533. The van der Waals surface area contributed by atoms with Crippen LogP contribution in [0.25, 0.3) is 11.0 Å². The van der Waals surface area contributed by atoms with Crippen molar-refractivity contribution in [3.8, 4) is 0 Å². The lowest BCUT2D eigenvalue weighted by molar-refractivity contribution is 0.444. The smallest absolute Gasteiger partial charge is 0.127 e. The van der Waals surface area contributed by atoms with Gasteiger partial charge >= 0.3 is 0 Å². The summed E-state index contributed by atoms with van der Waals surface area (Å²) >= 11 is 6.24. The number of rotatable bonds is 5. The zero-order chi connectivity index (χ0) is 14.0. The highest BCUT2D eigenvalue weighted by Gasteiger charge is 2.20. The van der Waals surface area contributed by atoms with Gasteiger partial charge in [0.1, 0.15) is 11.6 Å². The molecule has 19 heavy (non-hydrogen) atoms. The van der Waals surface area contributed by atoms with Gasteiger partial charge in [-0.05, 0) is 31.9 Å². The number of aromatic nitrogens is 2. The molecular weight excluding hydrogens is 263 g/mol. The molecule has 0 amide bonds. The number of hydrogen-bond donors (Lipinski definition) is 0. The lowest BCUT2D eigenvalue weighted by Crippen LogP contribution is -2.12. The van der Waals surface area contributed by atoms with E-state index in [0.717, 1.165) is 30.6 Å². The van der Waals surface area contributed by atoms with Crippen molar-refractivity contribution in [2.45, 2.75) is 51.5 Å². The second kappa shape index (κ2) is 5.91. The maximum atomic E-state index is 13.3. The van der Waals surface area contributed by atoms with Gasteiger partial charge in [0.25, 0.3) is 0 Å². The van der Waals surface area contributed by atoms with E-state index in [1.165, 1.54) is 12.1 Å². The molecule has 104 valence electrons. The SMILES string of the molecule is CCCC(CC)n1c(C(C)Cl)nc2cc(F)ccc21. The van der Waals surface area contributed by atoms with Gasteiger partial charge in [-0.3, -0.25) is 0 Å². The molecule has 0 bridgehead atoms. The van der Waals surface area contributed by atoms with Crippen molar-refractivity contribution in [3.63, 3.8) is 0 Å². The highest BCUT2D eigenvalue weighted by atomic mass is 35.5. The molecular formula is C15H20ClFN2. The first-order chi connectivity index (χ1) is 9.08. The van der Waals surface area contributed by atoms with Gasteiger partial charge in [0.05, 0.1) is 16.4 Å². The minimum atomic E-state index is -0.255. The summed E-state index contributed by atoms with van der Waals surface area (Å²) < 4.78 is 15.5. The van der Waals surface area contributed by atoms with Crippen LogP contribution in [0.15, 0.2) is 18.2 Å². The third-order valence-electron chi connectivity index (χ3n) is 3.49. The van der Waals surface area contributed by atoms with Crippen LogP contribution in [0.5, 0.6) is 0 Å². The van der Waals surface area contributed by atoms with Crippen LogP contribution in [0.1, 0.15) is 57.3 Å². The van der Waals surface area contributed by atoms with Crippen LogP contribution in [0.2, 0.25) is 0 Å². The van der Waals surface area contributed by atoms with Crippen molar-refractivity contribution in [1.29, 1.82) is 0 Å². The summed E-state index contributed by atoms with van der Waals surface area (Å²) in [5.74, 6) is 0.581. The third-order valence-corrected chi connectivity index (χ3v) is 3.69. The van der Waals surface area contributed by atoms with E-state index in [2.05, 4.69) is 23.4 Å². The standard InChI is InChI=1S/C15H20ClFN2/c1-4-6-12(5-2)19-14-8-7-11(17)9-13(14)18-15(19)10(3)16/h7-10,12H,4-6H2,1-3H3. The quantitative estimate of drug-likeness (QED) is 0.687.